The Kier molecular flexibility index (Phi) is 4.15. The molecule has 2 aliphatic rings. The first kappa shape index (κ1) is 15.4. The van der Waals surface area contributed by atoms with Gasteiger partial charge in [0.25, 0.3) is 0 Å². The molecule has 4 nitrogen and oxygen atoms in total. The molecule has 2 atom stereocenters. The van der Waals surface area contributed by atoms with Crippen molar-refractivity contribution in [3.05, 3.63) is 36.1 Å². The molecule has 1 aromatic carbocycles. The second-order valence-electron chi connectivity index (χ2n) is 6.19. The van der Waals surface area contributed by atoms with E-state index in [9.17, 15) is 4.79 Å². The van der Waals surface area contributed by atoms with E-state index >= 15 is 0 Å². The normalized spacial score (nSPS) is 27.6. The molecule has 2 aromatic rings. The van der Waals surface area contributed by atoms with Crippen LogP contribution in [0.15, 0.2) is 34.9 Å². The van der Waals surface area contributed by atoms with E-state index in [0.717, 1.165) is 23.8 Å². The lowest BCUT2D eigenvalue weighted by molar-refractivity contribution is -0.000341. The summed E-state index contributed by atoms with van der Waals surface area (Å²) in [4.78, 5) is 14.8. The van der Waals surface area contributed by atoms with Crippen LogP contribution in [0.1, 0.15) is 36.0 Å². The maximum atomic E-state index is 12.4. The molecule has 2 bridgehead atoms. The summed E-state index contributed by atoms with van der Waals surface area (Å²) in [5.41, 5.74) is 1.27. The van der Waals surface area contributed by atoms with Gasteiger partial charge in [0, 0.05) is 30.3 Å². The van der Waals surface area contributed by atoms with Gasteiger partial charge in [-0.3, -0.25) is 0 Å². The number of rotatable bonds is 2. The third-order valence-electron chi connectivity index (χ3n) is 5.03. The standard InChI is InChI=1S/C17H19NO3.ClH/c1-18-11-6-7-12(18)9-13(8-11)21-17(19)15-10-20-16-5-3-2-4-14(15)16;/h2-5,10-13H,6-9H2,1H3;1H. The Balaban J connectivity index is 0.00000144. The topological polar surface area (TPSA) is 42.7 Å². The Morgan fingerprint density at radius 1 is 1.23 bits per heavy atom. The minimum Gasteiger partial charge on any atom is -0.463 e. The Morgan fingerprint density at radius 3 is 2.64 bits per heavy atom. The van der Waals surface area contributed by atoms with Gasteiger partial charge in [0.1, 0.15) is 23.5 Å². The number of esters is 1. The quantitative estimate of drug-likeness (QED) is 0.792. The van der Waals surface area contributed by atoms with Crippen molar-refractivity contribution in [2.45, 2.75) is 43.9 Å². The smallest absolute Gasteiger partial charge is 0.342 e. The molecule has 0 aliphatic carbocycles. The van der Waals surface area contributed by atoms with Crippen molar-refractivity contribution in [1.29, 1.82) is 0 Å². The first-order valence-electron chi connectivity index (χ1n) is 7.61. The zero-order valence-corrected chi connectivity index (χ0v) is 13.3. The minimum atomic E-state index is -0.256. The number of carbonyl (C=O) groups excluding carboxylic acids is 1. The summed E-state index contributed by atoms with van der Waals surface area (Å²) in [7, 11) is 2.18. The molecular formula is C17H20ClNO3. The second kappa shape index (κ2) is 5.94. The highest BCUT2D eigenvalue weighted by atomic mass is 35.5. The summed E-state index contributed by atoms with van der Waals surface area (Å²) in [6.07, 6.45) is 5.91. The molecule has 3 heterocycles. The van der Waals surface area contributed by atoms with Crippen molar-refractivity contribution in [3.8, 4) is 0 Å². The van der Waals surface area contributed by atoms with Gasteiger partial charge in [0.2, 0.25) is 0 Å². The predicted molar refractivity (Wildman–Crippen MR) is 86.5 cm³/mol. The van der Waals surface area contributed by atoms with E-state index in [1.807, 2.05) is 24.3 Å². The molecule has 2 unspecified atom stereocenters. The van der Waals surface area contributed by atoms with E-state index in [1.54, 1.807) is 0 Å². The Bertz CT molecular complexity index is 669. The number of hydrogen-bond donors (Lipinski definition) is 0. The Hall–Kier alpha value is -1.52. The lowest BCUT2D eigenvalue weighted by Gasteiger charge is -2.35. The number of para-hydroxylation sites is 1. The van der Waals surface area contributed by atoms with Crippen LogP contribution in [0.25, 0.3) is 11.0 Å². The maximum absolute atomic E-state index is 12.4. The van der Waals surface area contributed by atoms with Crippen molar-refractivity contribution in [2.24, 2.45) is 0 Å². The fourth-order valence-corrected chi connectivity index (χ4v) is 3.81. The van der Waals surface area contributed by atoms with Gasteiger partial charge in [0.15, 0.2) is 0 Å². The molecule has 2 aliphatic heterocycles. The van der Waals surface area contributed by atoms with Crippen LogP contribution in [-0.2, 0) is 4.74 Å². The molecule has 118 valence electrons. The van der Waals surface area contributed by atoms with E-state index < -0.39 is 0 Å². The van der Waals surface area contributed by atoms with Crippen LogP contribution in [0, 0.1) is 0 Å². The highest BCUT2D eigenvalue weighted by Crippen LogP contribution is 2.36. The van der Waals surface area contributed by atoms with Crippen molar-refractivity contribution in [2.75, 3.05) is 7.05 Å². The zero-order chi connectivity index (χ0) is 14.4. The fourth-order valence-electron chi connectivity index (χ4n) is 3.81. The van der Waals surface area contributed by atoms with Gasteiger partial charge in [0.05, 0.1) is 0 Å². The number of furan rings is 1. The van der Waals surface area contributed by atoms with E-state index in [1.165, 1.54) is 19.1 Å². The van der Waals surface area contributed by atoms with E-state index in [-0.39, 0.29) is 24.5 Å². The predicted octanol–water partition coefficient (Wildman–Crippen LogP) is 3.64. The van der Waals surface area contributed by atoms with Gasteiger partial charge in [-0.2, -0.15) is 0 Å². The summed E-state index contributed by atoms with van der Waals surface area (Å²) in [6.45, 7) is 0. The Morgan fingerprint density at radius 2 is 1.91 bits per heavy atom. The summed E-state index contributed by atoms with van der Waals surface area (Å²) in [5, 5.41) is 0.832. The second-order valence-corrected chi connectivity index (χ2v) is 6.19. The number of carbonyl (C=O) groups is 1. The molecule has 5 heteroatoms. The number of piperidine rings is 1. The van der Waals surface area contributed by atoms with Gasteiger partial charge in [-0.25, -0.2) is 4.79 Å². The summed E-state index contributed by atoms with van der Waals surface area (Å²) in [6, 6.07) is 8.71. The molecule has 0 amide bonds. The first-order chi connectivity index (χ1) is 10.2. The fraction of sp³-hybridized carbons (Fsp3) is 0.471. The number of nitrogens with zero attached hydrogens (tertiary/aromatic N) is 1. The van der Waals surface area contributed by atoms with Crippen LogP contribution in [0.5, 0.6) is 0 Å². The van der Waals surface area contributed by atoms with Crippen LogP contribution in [0.4, 0.5) is 0 Å². The maximum Gasteiger partial charge on any atom is 0.342 e. The monoisotopic (exact) mass is 321 g/mol. The molecule has 2 saturated heterocycles. The van der Waals surface area contributed by atoms with Crippen molar-refractivity contribution < 1.29 is 13.9 Å². The molecular weight excluding hydrogens is 302 g/mol. The number of ether oxygens (including phenoxy) is 1. The van der Waals surface area contributed by atoms with Crippen LogP contribution >= 0.6 is 12.4 Å². The average Bonchev–Trinajstić information content (AvgIpc) is 2.98. The number of hydrogen-bond acceptors (Lipinski definition) is 4. The van der Waals surface area contributed by atoms with Gasteiger partial charge >= 0.3 is 5.97 Å². The summed E-state index contributed by atoms with van der Waals surface area (Å²) < 4.78 is 11.2. The molecule has 2 fully saturated rings. The molecule has 0 N–H and O–H groups in total. The Labute approximate surface area is 135 Å². The molecule has 0 saturated carbocycles. The van der Waals surface area contributed by atoms with Crippen LogP contribution < -0.4 is 0 Å². The molecule has 22 heavy (non-hydrogen) atoms. The van der Waals surface area contributed by atoms with Gasteiger partial charge < -0.3 is 14.1 Å². The first-order valence-corrected chi connectivity index (χ1v) is 7.61. The van der Waals surface area contributed by atoms with Crippen molar-refractivity contribution >= 4 is 29.3 Å². The molecule has 4 rings (SSSR count). The lowest BCUT2D eigenvalue weighted by Crippen LogP contribution is -2.43. The highest BCUT2D eigenvalue weighted by molar-refractivity contribution is 6.03. The zero-order valence-electron chi connectivity index (χ0n) is 12.5. The van der Waals surface area contributed by atoms with Crippen molar-refractivity contribution in [1.82, 2.24) is 4.90 Å². The summed E-state index contributed by atoms with van der Waals surface area (Å²) in [5.74, 6) is -0.256. The van der Waals surface area contributed by atoms with E-state index in [0.29, 0.717) is 17.6 Å². The summed E-state index contributed by atoms with van der Waals surface area (Å²) >= 11 is 0. The lowest BCUT2D eigenvalue weighted by atomic mass is 10.0. The van der Waals surface area contributed by atoms with Crippen LogP contribution in [-0.4, -0.2) is 36.1 Å². The largest absolute Gasteiger partial charge is 0.463 e. The average molecular weight is 322 g/mol. The van der Waals surface area contributed by atoms with E-state index in [2.05, 4.69) is 11.9 Å². The minimum absolute atomic E-state index is 0. The van der Waals surface area contributed by atoms with Gasteiger partial charge in [-0.15, -0.1) is 12.4 Å². The molecule has 0 spiro atoms. The SMILES string of the molecule is CN1C2CCC1CC(OC(=O)c1coc3ccccc13)C2.Cl. The number of benzene rings is 1. The van der Waals surface area contributed by atoms with Gasteiger partial charge in [-0.05, 0) is 26.0 Å². The molecule has 1 aromatic heterocycles. The molecule has 0 radical (unpaired) electrons. The van der Waals surface area contributed by atoms with E-state index in [4.69, 9.17) is 9.15 Å². The number of halogens is 1. The third-order valence-corrected chi connectivity index (χ3v) is 5.03. The highest BCUT2D eigenvalue weighted by Gasteiger charge is 2.40. The number of fused-ring (bicyclic) bond motifs is 3. The van der Waals surface area contributed by atoms with Gasteiger partial charge in [-0.1, -0.05) is 18.2 Å². The van der Waals surface area contributed by atoms with Crippen LogP contribution in [0.3, 0.4) is 0 Å². The third kappa shape index (κ3) is 2.50. The van der Waals surface area contributed by atoms with Crippen LogP contribution in [0.2, 0.25) is 0 Å². The van der Waals surface area contributed by atoms with Crippen molar-refractivity contribution in [3.63, 3.8) is 0 Å².